The molecule has 0 radical (unpaired) electrons. The van der Waals surface area contributed by atoms with Crippen molar-refractivity contribution < 1.29 is 22.3 Å². The number of nitrogens with zero attached hydrogens (tertiary/aromatic N) is 2. The summed E-state index contributed by atoms with van der Waals surface area (Å²) in [6, 6.07) is 5.40. The first-order valence-corrected chi connectivity index (χ1v) is 9.21. The molecule has 1 saturated heterocycles. The van der Waals surface area contributed by atoms with Gasteiger partial charge in [-0.3, -0.25) is 4.79 Å². The average molecular weight is 344 g/mol. The third kappa shape index (κ3) is 4.90. The van der Waals surface area contributed by atoms with Gasteiger partial charge in [0.2, 0.25) is 10.0 Å². The number of sulfonamides is 1. The van der Waals surface area contributed by atoms with E-state index in [1.165, 1.54) is 34.8 Å². The molecule has 23 heavy (non-hydrogen) atoms. The highest BCUT2D eigenvalue weighted by Gasteiger charge is 2.29. The van der Waals surface area contributed by atoms with Crippen molar-refractivity contribution in [2.45, 2.75) is 18.9 Å². The molecule has 0 N–H and O–H groups in total. The zero-order valence-corrected chi connectivity index (χ0v) is 14.1. The maximum absolute atomic E-state index is 12.8. The lowest BCUT2D eigenvalue weighted by Gasteiger charge is -2.35. The van der Waals surface area contributed by atoms with E-state index in [4.69, 9.17) is 4.74 Å². The topological polar surface area (TPSA) is 66.9 Å². The van der Waals surface area contributed by atoms with Gasteiger partial charge in [-0.2, -0.15) is 0 Å². The molecular weight excluding hydrogens is 323 g/mol. The third-order valence-electron chi connectivity index (χ3n) is 4.03. The minimum absolute atomic E-state index is 0.0768. The van der Waals surface area contributed by atoms with Gasteiger partial charge in [-0.25, -0.2) is 17.1 Å². The van der Waals surface area contributed by atoms with Gasteiger partial charge in [-0.15, -0.1) is 0 Å². The summed E-state index contributed by atoms with van der Waals surface area (Å²) in [5.41, 5.74) is 0. The quantitative estimate of drug-likeness (QED) is 0.802. The number of likely N-dealkylation sites (tertiary alicyclic amines) is 1. The molecule has 1 aliphatic heterocycles. The van der Waals surface area contributed by atoms with E-state index < -0.39 is 10.0 Å². The van der Waals surface area contributed by atoms with Gasteiger partial charge in [-0.1, -0.05) is 0 Å². The summed E-state index contributed by atoms with van der Waals surface area (Å²) < 4.78 is 42.5. The van der Waals surface area contributed by atoms with E-state index in [2.05, 4.69) is 0 Å². The Kier molecular flexibility index (Phi) is 5.59. The molecule has 1 heterocycles. The number of amides is 1. The molecule has 128 valence electrons. The first-order chi connectivity index (χ1) is 10.8. The monoisotopic (exact) mass is 344 g/mol. The van der Waals surface area contributed by atoms with Crippen molar-refractivity contribution in [1.29, 1.82) is 0 Å². The minimum atomic E-state index is -3.22. The first kappa shape index (κ1) is 17.7. The maximum Gasteiger partial charge on any atom is 0.260 e. The van der Waals surface area contributed by atoms with Crippen LogP contribution in [0.3, 0.4) is 0 Å². The van der Waals surface area contributed by atoms with Gasteiger partial charge in [0.05, 0.1) is 6.26 Å². The third-order valence-corrected chi connectivity index (χ3v) is 5.37. The van der Waals surface area contributed by atoms with Gasteiger partial charge in [0.1, 0.15) is 11.6 Å². The molecule has 1 amide bonds. The van der Waals surface area contributed by atoms with Crippen molar-refractivity contribution in [2.24, 2.45) is 0 Å². The van der Waals surface area contributed by atoms with E-state index in [0.29, 0.717) is 31.7 Å². The molecule has 0 bridgehead atoms. The highest BCUT2D eigenvalue weighted by atomic mass is 32.2. The Morgan fingerprint density at radius 2 is 1.87 bits per heavy atom. The number of piperidine rings is 1. The number of ether oxygens (including phenoxy) is 1. The number of hydrogen-bond acceptors (Lipinski definition) is 4. The molecule has 1 aliphatic rings. The van der Waals surface area contributed by atoms with E-state index in [9.17, 15) is 17.6 Å². The lowest BCUT2D eigenvalue weighted by atomic mass is 10.1. The van der Waals surface area contributed by atoms with Gasteiger partial charge < -0.3 is 9.64 Å². The van der Waals surface area contributed by atoms with Gasteiger partial charge >= 0.3 is 0 Å². The second-order valence-corrected chi connectivity index (χ2v) is 7.68. The lowest BCUT2D eigenvalue weighted by Crippen LogP contribution is -2.48. The summed E-state index contributed by atoms with van der Waals surface area (Å²) >= 11 is 0. The number of carbonyl (C=O) groups excluding carboxylic acids is 1. The van der Waals surface area contributed by atoms with E-state index >= 15 is 0 Å². The largest absolute Gasteiger partial charge is 0.484 e. The van der Waals surface area contributed by atoms with Gasteiger partial charge in [0, 0.05) is 26.2 Å². The molecule has 0 unspecified atom stereocenters. The van der Waals surface area contributed by atoms with Crippen LogP contribution >= 0.6 is 0 Å². The van der Waals surface area contributed by atoms with Crippen molar-refractivity contribution in [2.75, 3.05) is 33.0 Å². The molecule has 1 fully saturated rings. The van der Waals surface area contributed by atoms with Crippen LogP contribution in [0.25, 0.3) is 0 Å². The number of benzene rings is 1. The second kappa shape index (κ2) is 7.27. The number of carbonyl (C=O) groups is 1. The Labute approximate surface area is 135 Å². The predicted molar refractivity (Wildman–Crippen MR) is 84.1 cm³/mol. The van der Waals surface area contributed by atoms with Crippen molar-refractivity contribution in [1.82, 2.24) is 9.21 Å². The highest BCUT2D eigenvalue weighted by molar-refractivity contribution is 7.88. The summed E-state index contributed by atoms with van der Waals surface area (Å²) in [5, 5.41) is 0. The summed E-state index contributed by atoms with van der Waals surface area (Å²) in [4.78, 5) is 13.8. The molecule has 2 rings (SSSR count). The van der Waals surface area contributed by atoms with Crippen LogP contribution in [0.15, 0.2) is 24.3 Å². The molecule has 0 saturated carbocycles. The highest BCUT2D eigenvalue weighted by Crippen LogP contribution is 2.18. The smallest absolute Gasteiger partial charge is 0.260 e. The molecule has 0 aromatic heterocycles. The van der Waals surface area contributed by atoms with Gasteiger partial charge in [0.15, 0.2) is 6.61 Å². The zero-order chi connectivity index (χ0) is 17.0. The molecule has 6 nitrogen and oxygen atoms in total. The van der Waals surface area contributed by atoms with Crippen LogP contribution < -0.4 is 4.74 Å². The zero-order valence-electron chi connectivity index (χ0n) is 13.2. The summed E-state index contributed by atoms with van der Waals surface area (Å²) in [6.45, 7) is 0.879. The van der Waals surface area contributed by atoms with Crippen LogP contribution in [0.2, 0.25) is 0 Å². The number of halogens is 1. The van der Waals surface area contributed by atoms with Gasteiger partial charge in [0.25, 0.3) is 5.91 Å². The molecule has 1 aromatic rings. The Morgan fingerprint density at radius 1 is 1.30 bits per heavy atom. The fourth-order valence-electron chi connectivity index (χ4n) is 2.52. The number of hydrogen-bond donors (Lipinski definition) is 0. The van der Waals surface area contributed by atoms with Crippen LogP contribution in [0, 0.1) is 5.82 Å². The average Bonchev–Trinajstić information content (AvgIpc) is 2.52. The maximum atomic E-state index is 12.8. The Bertz CT molecular complexity index is 640. The van der Waals surface area contributed by atoms with E-state index in [0.717, 1.165) is 0 Å². The van der Waals surface area contributed by atoms with Crippen LogP contribution in [-0.2, 0) is 14.8 Å². The predicted octanol–water partition coefficient (Wildman–Crippen LogP) is 1.09. The van der Waals surface area contributed by atoms with Crippen LogP contribution in [0.4, 0.5) is 4.39 Å². The summed E-state index contributed by atoms with van der Waals surface area (Å²) in [7, 11) is -1.65. The summed E-state index contributed by atoms with van der Waals surface area (Å²) in [6.07, 6.45) is 2.39. The van der Waals surface area contributed by atoms with Crippen molar-refractivity contribution in [3.05, 3.63) is 30.1 Å². The fraction of sp³-hybridized carbons (Fsp3) is 0.533. The van der Waals surface area contributed by atoms with Crippen molar-refractivity contribution in [3.63, 3.8) is 0 Å². The molecule has 8 heteroatoms. The number of rotatable bonds is 5. The van der Waals surface area contributed by atoms with E-state index in [1.807, 2.05) is 0 Å². The summed E-state index contributed by atoms with van der Waals surface area (Å²) in [5.74, 6) is -0.0815. The van der Waals surface area contributed by atoms with Crippen LogP contribution in [0.1, 0.15) is 12.8 Å². The minimum Gasteiger partial charge on any atom is -0.484 e. The Hall–Kier alpha value is -1.67. The standard InChI is InChI=1S/C15H21FN2O4S/c1-17(23(2,20)21)13-7-9-18(10-8-13)15(19)11-22-14-5-3-12(16)4-6-14/h3-6,13H,7-11H2,1-2H3. The first-order valence-electron chi connectivity index (χ1n) is 7.36. The van der Waals surface area contributed by atoms with E-state index in [1.54, 1.807) is 11.9 Å². The molecule has 0 atom stereocenters. The second-order valence-electron chi connectivity index (χ2n) is 5.63. The molecule has 1 aromatic carbocycles. The van der Waals surface area contributed by atoms with Crippen LogP contribution in [-0.4, -0.2) is 62.6 Å². The Balaban J connectivity index is 1.80. The molecule has 0 spiro atoms. The van der Waals surface area contributed by atoms with Crippen LogP contribution in [0.5, 0.6) is 5.75 Å². The lowest BCUT2D eigenvalue weighted by molar-refractivity contribution is -0.134. The SMILES string of the molecule is CN(C1CCN(C(=O)COc2ccc(F)cc2)CC1)S(C)(=O)=O. The van der Waals surface area contributed by atoms with E-state index in [-0.39, 0.29) is 24.4 Å². The fourth-order valence-corrected chi connectivity index (χ4v) is 3.27. The molecular formula is C15H21FN2O4S. The van der Waals surface area contributed by atoms with Gasteiger partial charge in [-0.05, 0) is 37.1 Å². The van der Waals surface area contributed by atoms with Crippen molar-refractivity contribution >= 4 is 15.9 Å². The Morgan fingerprint density at radius 3 is 2.39 bits per heavy atom. The van der Waals surface area contributed by atoms with Crippen molar-refractivity contribution in [3.8, 4) is 5.75 Å². The molecule has 0 aliphatic carbocycles. The normalized spacial score (nSPS) is 16.6.